The minimum atomic E-state index is -0.334. The van der Waals surface area contributed by atoms with Crippen LogP contribution in [0.15, 0.2) is 66.7 Å². The molecule has 2 bridgehead atoms. The van der Waals surface area contributed by atoms with Crippen LogP contribution in [-0.4, -0.2) is 59.2 Å². The first-order valence-corrected chi connectivity index (χ1v) is 14.0. The van der Waals surface area contributed by atoms with E-state index in [1.165, 1.54) is 0 Å². The first-order valence-electron chi connectivity index (χ1n) is 14.0. The molecule has 6 rings (SSSR count). The second kappa shape index (κ2) is 10.6. The van der Waals surface area contributed by atoms with E-state index in [1.807, 2.05) is 73.7 Å². The van der Waals surface area contributed by atoms with Gasteiger partial charge in [-0.15, -0.1) is 0 Å². The predicted octanol–water partition coefficient (Wildman–Crippen LogP) is 6.13. The minimum absolute atomic E-state index is 0.170. The molecule has 2 aliphatic heterocycles. The van der Waals surface area contributed by atoms with Crippen LogP contribution in [0.25, 0.3) is 16.5 Å². The Morgan fingerprint density at radius 3 is 2.52 bits per heavy atom. The van der Waals surface area contributed by atoms with Crippen LogP contribution >= 0.6 is 0 Å². The molecule has 4 aromatic rings. The van der Waals surface area contributed by atoms with E-state index in [1.54, 1.807) is 4.68 Å². The van der Waals surface area contributed by atoms with Crippen molar-refractivity contribution in [2.24, 2.45) is 0 Å². The van der Waals surface area contributed by atoms with Crippen molar-refractivity contribution in [1.29, 1.82) is 0 Å². The normalized spacial score (nSPS) is 18.8. The van der Waals surface area contributed by atoms with Crippen molar-refractivity contribution < 1.29 is 14.3 Å². The van der Waals surface area contributed by atoms with Crippen molar-refractivity contribution in [3.8, 4) is 11.4 Å². The van der Waals surface area contributed by atoms with Crippen molar-refractivity contribution in [3.63, 3.8) is 0 Å². The van der Waals surface area contributed by atoms with E-state index >= 15 is 0 Å². The predicted molar refractivity (Wildman–Crippen MR) is 159 cm³/mol. The lowest BCUT2D eigenvalue weighted by molar-refractivity contribution is 0.0258. The lowest BCUT2D eigenvalue weighted by atomic mass is 9.92. The summed E-state index contributed by atoms with van der Waals surface area (Å²) in [5.41, 5.74) is 3.49. The van der Waals surface area contributed by atoms with Crippen molar-refractivity contribution in [2.75, 3.05) is 36.9 Å². The zero-order valence-electron chi connectivity index (χ0n) is 23.6. The van der Waals surface area contributed by atoms with E-state index in [4.69, 9.17) is 14.6 Å². The van der Waals surface area contributed by atoms with Crippen LogP contribution in [0.3, 0.4) is 0 Å². The van der Waals surface area contributed by atoms with Gasteiger partial charge in [-0.2, -0.15) is 5.10 Å². The van der Waals surface area contributed by atoms with Gasteiger partial charge in [-0.3, -0.25) is 10.2 Å². The molecule has 40 heavy (non-hydrogen) atoms. The molecule has 0 spiro atoms. The molecule has 2 aliphatic rings. The third-order valence-electron chi connectivity index (χ3n) is 7.78. The van der Waals surface area contributed by atoms with Crippen LogP contribution in [0.4, 0.5) is 16.3 Å². The number of likely N-dealkylation sites (tertiary alicyclic amines) is 1. The SMILES string of the molecule is Cc1ccc(-n2nc(C(C)(C)C)cc2NC(=O)Nc2ccc(OCCN3CC4CC3CO4)c3ccccc23)cc1. The van der Waals surface area contributed by atoms with E-state index in [0.29, 0.717) is 30.3 Å². The number of hydrogen-bond donors (Lipinski definition) is 2. The van der Waals surface area contributed by atoms with Gasteiger partial charge in [0, 0.05) is 41.4 Å². The summed E-state index contributed by atoms with van der Waals surface area (Å²) in [6, 6.07) is 22.0. The van der Waals surface area contributed by atoms with Crippen LogP contribution in [-0.2, 0) is 10.2 Å². The van der Waals surface area contributed by atoms with Crippen molar-refractivity contribution in [2.45, 2.75) is 51.7 Å². The number of morpholine rings is 1. The molecule has 8 heteroatoms. The highest BCUT2D eigenvalue weighted by molar-refractivity contribution is 6.07. The molecule has 2 atom stereocenters. The number of aryl methyl sites for hydroxylation is 1. The van der Waals surface area contributed by atoms with Gasteiger partial charge in [0.1, 0.15) is 18.2 Å². The second-order valence-corrected chi connectivity index (χ2v) is 11.8. The lowest BCUT2D eigenvalue weighted by Gasteiger charge is -2.26. The van der Waals surface area contributed by atoms with Crippen molar-refractivity contribution in [3.05, 3.63) is 78.0 Å². The van der Waals surface area contributed by atoms with Crippen LogP contribution in [0.1, 0.15) is 38.4 Å². The minimum Gasteiger partial charge on any atom is -0.492 e. The molecule has 0 radical (unpaired) electrons. The average Bonchev–Trinajstić information content (AvgIpc) is 3.67. The van der Waals surface area contributed by atoms with Gasteiger partial charge in [-0.1, -0.05) is 62.7 Å². The summed E-state index contributed by atoms with van der Waals surface area (Å²) in [5, 5.41) is 12.8. The Bertz CT molecular complexity index is 1520. The van der Waals surface area contributed by atoms with Gasteiger partial charge >= 0.3 is 6.03 Å². The Kier molecular flexibility index (Phi) is 6.98. The lowest BCUT2D eigenvalue weighted by Crippen LogP contribution is -2.39. The number of rotatable bonds is 7. The summed E-state index contributed by atoms with van der Waals surface area (Å²) >= 11 is 0. The molecule has 2 N–H and O–H groups in total. The fourth-order valence-corrected chi connectivity index (χ4v) is 5.52. The van der Waals surface area contributed by atoms with Crippen LogP contribution in [0.2, 0.25) is 0 Å². The van der Waals surface area contributed by atoms with E-state index in [0.717, 1.165) is 59.6 Å². The van der Waals surface area contributed by atoms with Crippen LogP contribution < -0.4 is 15.4 Å². The van der Waals surface area contributed by atoms with E-state index < -0.39 is 0 Å². The van der Waals surface area contributed by atoms with Gasteiger partial charge in [-0.25, -0.2) is 9.48 Å². The quantitative estimate of drug-likeness (QED) is 0.295. The van der Waals surface area contributed by atoms with Crippen molar-refractivity contribution in [1.82, 2.24) is 14.7 Å². The van der Waals surface area contributed by atoms with Gasteiger partial charge in [0.25, 0.3) is 0 Å². The Morgan fingerprint density at radius 1 is 1.05 bits per heavy atom. The summed E-state index contributed by atoms with van der Waals surface area (Å²) in [6.07, 6.45) is 1.52. The molecule has 1 aromatic heterocycles. The Morgan fingerprint density at radius 2 is 1.82 bits per heavy atom. The van der Waals surface area contributed by atoms with Crippen LogP contribution in [0.5, 0.6) is 5.75 Å². The maximum absolute atomic E-state index is 13.3. The highest BCUT2D eigenvalue weighted by atomic mass is 16.5. The first-order chi connectivity index (χ1) is 19.2. The molecule has 0 aliphatic carbocycles. The number of anilines is 2. The van der Waals surface area contributed by atoms with Crippen molar-refractivity contribution >= 4 is 28.3 Å². The first kappa shape index (κ1) is 26.3. The Hall–Kier alpha value is -3.88. The number of hydrogen-bond acceptors (Lipinski definition) is 5. The number of aromatic nitrogens is 2. The molecular weight excluding hydrogens is 502 g/mol. The molecular formula is C32H37N5O3. The molecule has 2 fully saturated rings. The van der Waals surface area contributed by atoms with Gasteiger partial charge in [0.2, 0.25) is 0 Å². The molecule has 3 aromatic carbocycles. The summed E-state index contributed by atoms with van der Waals surface area (Å²) in [4.78, 5) is 15.7. The summed E-state index contributed by atoms with van der Waals surface area (Å²) in [6.45, 7) is 11.7. The van der Waals surface area contributed by atoms with E-state index in [2.05, 4.69) is 36.3 Å². The molecule has 2 amide bonds. The van der Waals surface area contributed by atoms with Crippen LogP contribution in [0, 0.1) is 6.92 Å². The maximum atomic E-state index is 13.3. The topological polar surface area (TPSA) is 80.7 Å². The maximum Gasteiger partial charge on any atom is 0.324 e. The fourth-order valence-electron chi connectivity index (χ4n) is 5.52. The van der Waals surface area contributed by atoms with Gasteiger partial charge in [0.05, 0.1) is 29.8 Å². The number of nitrogens with one attached hydrogen (secondary N) is 2. The number of carbonyl (C=O) groups is 1. The van der Waals surface area contributed by atoms with Gasteiger partial charge < -0.3 is 14.8 Å². The summed E-state index contributed by atoms with van der Waals surface area (Å²) in [5.74, 6) is 1.42. The Labute approximate surface area is 235 Å². The van der Waals surface area contributed by atoms with E-state index in [-0.39, 0.29) is 11.4 Å². The van der Waals surface area contributed by atoms with E-state index in [9.17, 15) is 4.79 Å². The molecule has 0 saturated carbocycles. The second-order valence-electron chi connectivity index (χ2n) is 11.8. The fraction of sp³-hybridized carbons (Fsp3) is 0.375. The average molecular weight is 540 g/mol. The number of benzene rings is 3. The highest BCUT2D eigenvalue weighted by Crippen LogP contribution is 2.33. The molecule has 8 nitrogen and oxygen atoms in total. The monoisotopic (exact) mass is 539 g/mol. The highest BCUT2D eigenvalue weighted by Gasteiger charge is 2.38. The third-order valence-corrected chi connectivity index (χ3v) is 7.78. The standard InChI is InChI=1S/C32H37N5O3/c1-21-9-11-22(12-10-21)37-30(18-29(35-37)32(2,3)4)34-31(38)33-27-13-14-28(26-8-6-5-7-25(26)27)39-16-15-36-19-24-17-23(36)20-40-24/h5-14,18,23-24H,15-17,19-20H2,1-4H3,(H2,33,34,38). The summed E-state index contributed by atoms with van der Waals surface area (Å²) in [7, 11) is 0. The van der Waals surface area contributed by atoms with Gasteiger partial charge in [0.15, 0.2) is 0 Å². The van der Waals surface area contributed by atoms with Gasteiger partial charge in [-0.05, 0) is 37.6 Å². The number of amides is 2. The number of carbonyl (C=O) groups excluding carboxylic acids is 1. The number of nitrogens with zero attached hydrogens (tertiary/aromatic N) is 3. The number of fused-ring (bicyclic) bond motifs is 3. The number of urea groups is 1. The molecule has 208 valence electrons. The Balaban J connectivity index is 1.18. The molecule has 2 saturated heterocycles. The number of ether oxygens (including phenoxy) is 2. The molecule has 2 unspecified atom stereocenters. The largest absolute Gasteiger partial charge is 0.492 e. The zero-order valence-corrected chi connectivity index (χ0v) is 23.6. The molecule has 3 heterocycles. The summed E-state index contributed by atoms with van der Waals surface area (Å²) < 4.78 is 13.7. The zero-order chi connectivity index (χ0) is 27.9. The third kappa shape index (κ3) is 5.42. The smallest absolute Gasteiger partial charge is 0.324 e.